The van der Waals surface area contributed by atoms with Crippen molar-refractivity contribution < 1.29 is 5.11 Å². The molecule has 0 bridgehead atoms. The first kappa shape index (κ1) is 12.9. The van der Waals surface area contributed by atoms with Crippen LogP contribution in [0.4, 0.5) is 0 Å². The van der Waals surface area contributed by atoms with Crippen LogP contribution in [0, 0.1) is 0 Å². The molecule has 0 aromatic heterocycles. The maximum absolute atomic E-state index is 10.6. The maximum atomic E-state index is 10.6. The average molecular weight is 251 g/mol. The van der Waals surface area contributed by atoms with Crippen LogP contribution in [0.3, 0.4) is 0 Å². The third kappa shape index (κ3) is 3.24. The highest BCUT2D eigenvalue weighted by molar-refractivity contribution is 7.99. The van der Waals surface area contributed by atoms with Gasteiger partial charge in [0.05, 0.1) is 0 Å². The molecule has 1 aromatic rings. The summed E-state index contributed by atoms with van der Waals surface area (Å²) in [6.45, 7) is 5.07. The molecule has 1 N–H and O–H groups in total. The molecule has 0 unspecified atom stereocenters. The number of hydrogen-bond donors (Lipinski definition) is 1. The standard InChI is InChI=1S/C14H21NOS/c1-2-17-11-10-15-9-8-14(16,12-15)13-6-4-3-5-7-13/h3-7,16H,2,8-12H2,1H3/t14-/m1/s1. The van der Waals surface area contributed by atoms with Crippen LogP contribution in [-0.4, -0.2) is 41.1 Å². The van der Waals surface area contributed by atoms with Gasteiger partial charge in [0.1, 0.15) is 5.60 Å². The van der Waals surface area contributed by atoms with Crippen molar-refractivity contribution >= 4 is 11.8 Å². The van der Waals surface area contributed by atoms with E-state index in [1.165, 1.54) is 11.5 Å². The first-order valence-electron chi connectivity index (χ1n) is 6.32. The van der Waals surface area contributed by atoms with Crippen molar-refractivity contribution in [3.8, 4) is 0 Å². The van der Waals surface area contributed by atoms with Crippen LogP contribution < -0.4 is 0 Å². The van der Waals surface area contributed by atoms with E-state index in [0.717, 1.165) is 31.6 Å². The molecule has 1 fully saturated rings. The number of thioether (sulfide) groups is 1. The molecular weight excluding hydrogens is 230 g/mol. The second-order valence-electron chi connectivity index (χ2n) is 4.62. The summed E-state index contributed by atoms with van der Waals surface area (Å²) < 4.78 is 0. The van der Waals surface area contributed by atoms with Gasteiger partial charge in [0.25, 0.3) is 0 Å². The molecule has 1 saturated heterocycles. The van der Waals surface area contributed by atoms with E-state index in [0.29, 0.717) is 0 Å². The Bertz CT molecular complexity index is 343. The van der Waals surface area contributed by atoms with Gasteiger partial charge in [-0.15, -0.1) is 0 Å². The number of β-amino-alcohol motifs (C(OH)–C–C–N with tert-alkyl or cyclic N) is 1. The average Bonchev–Trinajstić information content (AvgIpc) is 2.74. The number of aliphatic hydroxyl groups is 1. The Morgan fingerprint density at radius 3 is 2.82 bits per heavy atom. The molecular formula is C14H21NOS. The molecule has 2 rings (SSSR count). The Morgan fingerprint density at radius 2 is 2.12 bits per heavy atom. The quantitative estimate of drug-likeness (QED) is 0.813. The number of likely N-dealkylation sites (tertiary alicyclic amines) is 1. The van der Waals surface area contributed by atoms with Gasteiger partial charge in [-0.05, 0) is 17.7 Å². The Balaban J connectivity index is 1.92. The molecule has 1 aliphatic heterocycles. The predicted octanol–water partition coefficient (Wildman–Crippen LogP) is 2.33. The van der Waals surface area contributed by atoms with Gasteiger partial charge in [0.15, 0.2) is 0 Å². The van der Waals surface area contributed by atoms with Gasteiger partial charge in [-0.1, -0.05) is 37.3 Å². The molecule has 0 amide bonds. The molecule has 0 saturated carbocycles. The second kappa shape index (κ2) is 5.89. The van der Waals surface area contributed by atoms with E-state index in [4.69, 9.17) is 0 Å². The van der Waals surface area contributed by atoms with Gasteiger partial charge >= 0.3 is 0 Å². The van der Waals surface area contributed by atoms with E-state index in [-0.39, 0.29) is 0 Å². The Hall–Kier alpha value is -0.510. The summed E-state index contributed by atoms with van der Waals surface area (Å²) in [5.41, 5.74) is 0.434. The molecule has 1 aliphatic rings. The smallest absolute Gasteiger partial charge is 0.103 e. The highest BCUT2D eigenvalue weighted by atomic mass is 32.2. The van der Waals surface area contributed by atoms with Gasteiger partial charge < -0.3 is 5.11 Å². The largest absolute Gasteiger partial charge is 0.384 e. The molecule has 1 heterocycles. The molecule has 0 spiro atoms. The predicted molar refractivity (Wildman–Crippen MR) is 74.4 cm³/mol. The van der Waals surface area contributed by atoms with Crippen molar-refractivity contribution in [2.75, 3.05) is 31.1 Å². The third-order valence-corrected chi connectivity index (χ3v) is 4.27. The molecule has 3 heteroatoms. The third-order valence-electron chi connectivity index (χ3n) is 3.39. The Morgan fingerprint density at radius 1 is 1.35 bits per heavy atom. The van der Waals surface area contributed by atoms with Crippen molar-refractivity contribution in [1.82, 2.24) is 4.90 Å². The van der Waals surface area contributed by atoms with E-state index in [9.17, 15) is 5.11 Å². The van der Waals surface area contributed by atoms with Crippen molar-refractivity contribution in [2.24, 2.45) is 0 Å². The summed E-state index contributed by atoms with van der Waals surface area (Å²) in [6, 6.07) is 10.1. The van der Waals surface area contributed by atoms with Crippen molar-refractivity contribution in [3.63, 3.8) is 0 Å². The van der Waals surface area contributed by atoms with E-state index in [2.05, 4.69) is 11.8 Å². The van der Waals surface area contributed by atoms with Crippen LogP contribution >= 0.6 is 11.8 Å². The van der Waals surface area contributed by atoms with Crippen LogP contribution in [0.2, 0.25) is 0 Å². The first-order valence-corrected chi connectivity index (χ1v) is 7.48. The molecule has 0 aliphatic carbocycles. The fourth-order valence-corrected chi connectivity index (χ4v) is 3.06. The van der Waals surface area contributed by atoms with Crippen molar-refractivity contribution in [2.45, 2.75) is 18.9 Å². The highest BCUT2D eigenvalue weighted by Gasteiger charge is 2.36. The normalized spacial score (nSPS) is 25.3. The van der Waals surface area contributed by atoms with E-state index in [1.807, 2.05) is 42.1 Å². The van der Waals surface area contributed by atoms with Gasteiger partial charge in [-0.3, -0.25) is 4.90 Å². The summed E-state index contributed by atoms with van der Waals surface area (Å²) in [5, 5.41) is 10.6. The molecule has 0 radical (unpaired) electrons. The summed E-state index contributed by atoms with van der Waals surface area (Å²) in [7, 11) is 0. The summed E-state index contributed by atoms with van der Waals surface area (Å²) in [4.78, 5) is 2.37. The number of hydrogen-bond acceptors (Lipinski definition) is 3. The number of nitrogens with zero attached hydrogens (tertiary/aromatic N) is 1. The lowest BCUT2D eigenvalue weighted by molar-refractivity contribution is 0.0469. The van der Waals surface area contributed by atoms with Gasteiger partial charge in [-0.25, -0.2) is 0 Å². The Kier molecular flexibility index (Phi) is 4.48. The first-order chi connectivity index (χ1) is 8.24. The number of rotatable bonds is 5. The Labute approximate surface area is 108 Å². The summed E-state index contributed by atoms with van der Waals surface area (Å²) in [5.74, 6) is 2.35. The fourth-order valence-electron chi connectivity index (χ4n) is 2.38. The summed E-state index contributed by atoms with van der Waals surface area (Å²) in [6.07, 6.45) is 0.855. The summed E-state index contributed by atoms with van der Waals surface area (Å²) >= 11 is 1.97. The minimum absolute atomic E-state index is 0.627. The fraction of sp³-hybridized carbons (Fsp3) is 0.571. The minimum atomic E-state index is -0.627. The maximum Gasteiger partial charge on any atom is 0.103 e. The van der Waals surface area contributed by atoms with E-state index >= 15 is 0 Å². The second-order valence-corrected chi connectivity index (χ2v) is 6.01. The lowest BCUT2D eigenvalue weighted by Crippen LogP contribution is -2.31. The molecule has 94 valence electrons. The minimum Gasteiger partial charge on any atom is -0.384 e. The molecule has 17 heavy (non-hydrogen) atoms. The monoisotopic (exact) mass is 251 g/mol. The zero-order valence-corrected chi connectivity index (χ0v) is 11.2. The van der Waals surface area contributed by atoms with Crippen molar-refractivity contribution in [3.05, 3.63) is 35.9 Å². The number of benzene rings is 1. The van der Waals surface area contributed by atoms with Crippen LogP contribution in [-0.2, 0) is 5.60 Å². The zero-order valence-electron chi connectivity index (χ0n) is 10.4. The van der Waals surface area contributed by atoms with Crippen molar-refractivity contribution in [1.29, 1.82) is 0 Å². The van der Waals surface area contributed by atoms with Gasteiger partial charge in [0.2, 0.25) is 0 Å². The van der Waals surface area contributed by atoms with Crippen LogP contribution in [0.5, 0.6) is 0 Å². The van der Waals surface area contributed by atoms with Crippen LogP contribution in [0.1, 0.15) is 18.9 Å². The lowest BCUT2D eigenvalue weighted by atomic mass is 9.93. The van der Waals surface area contributed by atoms with Gasteiger partial charge in [-0.2, -0.15) is 11.8 Å². The zero-order chi connectivity index (χ0) is 12.1. The molecule has 2 nitrogen and oxygen atoms in total. The highest BCUT2D eigenvalue weighted by Crippen LogP contribution is 2.31. The van der Waals surface area contributed by atoms with E-state index < -0.39 is 5.60 Å². The van der Waals surface area contributed by atoms with E-state index in [1.54, 1.807) is 0 Å². The molecule has 1 atom stereocenters. The van der Waals surface area contributed by atoms with Crippen LogP contribution in [0.25, 0.3) is 0 Å². The van der Waals surface area contributed by atoms with Gasteiger partial charge in [0, 0.05) is 25.4 Å². The molecule has 1 aromatic carbocycles. The topological polar surface area (TPSA) is 23.5 Å². The lowest BCUT2D eigenvalue weighted by Gasteiger charge is -2.24. The SMILES string of the molecule is CCSCCN1CC[C@](O)(c2ccccc2)C1. The van der Waals surface area contributed by atoms with Crippen LogP contribution in [0.15, 0.2) is 30.3 Å².